The molecule has 578 valence electrons. The smallest absolute Gasteiger partial charge is 0 e. The second-order valence-corrected chi connectivity index (χ2v) is 38.3. The summed E-state index contributed by atoms with van der Waals surface area (Å²) in [4.78, 5) is 0. The number of hydrogen-bond acceptors (Lipinski definition) is 0. The monoisotopic (exact) mass is 8500 g/mol. The molecule has 0 aromatic heterocycles. The Bertz CT molecular complexity index is 1730. The summed E-state index contributed by atoms with van der Waals surface area (Å²) in [5.41, 5.74) is 8.31. The molecule has 0 amide bonds. The molecule has 4 rings (SSSR count). The van der Waals surface area contributed by atoms with Crippen LogP contribution in [0, 0.1) is 44.8 Å². The summed E-state index contributed by atoms with van der Waals surface area (Å²) >= 11 is 18.9. The van der Waals surface area contributed by atoms with Gasteiger partial charge in [0.05, 0.1) is 0 Å². The molecule has 0 heterocycles. The van der Waals surface area contributed by atoms with Gasteiger partial charge in [-0.2, -0.15) is 0 Å². The van der Waals surface area contributed by atoms with E-state index in [1.54, 1.807) is 208 Å². The minimum atomic E-state index is 0. The Kier molecular flexibility index (Phi) is 378. The van der Waals surface area contributed by atoms with E-state index in [1.165, 1.54) is 103 Å². The molecule has 0 N–H and O–H groups in total. The van der Waals surface area contributed by atoms with Crippen molar-refractivity contribution in [2.45, 2.75) is 201 Å². The summed E-state index contributed by atoms with van der Waals surface area (Å²) in [5, 5.41) is 0. The second-order valence-electron chi connectivity index (χ2n) is 21.7. The molecule has 0 aromatic rings. The van der Waals surface area contributed by atoms with Crippen LogP contribution in [-0.4, -0.2) is 48.8 Å². The molecule has 42 heteroatoms. The molecule has 0 bridgehead atoms. The van der Waals surface area contributed by atoms with Gasteiger partial charge in [-0.25, -0.2) is 0 Å². The maximum atomic E-state index is 3.19. The molecule has 0 fully saturated rings. The molecule has 4 aliphatic carbocycles. The fourth-order valence-corrected chi connectivity index (χ4v) is 10.3. The third-order valence-corrected chi connectivity index (χ3v) is 34.8. The third-order valence-electron chi connectivity index (χ3n) is 8.46. The summed E-state index contributed by atoms with van der Waals surface area (Å²) in [6.07, 6.45) is 14.6. The Labute approximate surface area is 1170 Å². The maximum Gasteiger partial charge on any atom is 0 e. The Balaban J connectivity index is -0.0000000115. The Morgan fingerprint density at radius 2 is 0.384 bits per heavy atom. The summed E-state index contributed by atoms with van der Waals surface area (Å²) in [7, 11) is 0. The fraction of sp³-hybridized carbons (Fsp3) is 0.649. The normalized spacial score (nSPS) is 10.4. The molecule has 0 saturated carbocycles. The minimum absolute atomic E-state index is 0. The average Bonchev–Trinajstić information content (AvgIpc) is 3.91. The van der Waals surface area contributed by atoms with Crippen LogP contribution in [0.25, 0.3) is 0 Å². The van der Waals surface area contributed by atoms with E-state index in [2.05, 4.69) is 187 Å². The van der Waals surface area contributed by atoms with E-state index in [0.29, 0.717) is 38.9 Å². The van der Waals surface area contributed by atoms with Gasteiger partial charge in [0.1, 0.15) is 0 Å². The van der Waals surface area contributed by atoms with Crippen molar-refractivity contribution in [2.24, 2.45) is 44.8 Å². The molecule has 0 spiro atoms. The number of rotatable bonds is 3. The molecular formula is C57H94W42-4. The van der Waals surface area contributed by atoms with E-state index in [-0.39, 0.29) is 662 Å². The first-order valence-corrected chi connectivity index (χ1v) is 39.3. The van der Waals surface area contributed by atoms with Crippen molar-refractivity contribution in [3.63, 3.8) is 0 Å². The zero-order valence-corrected chi connectivity index (χ0v) is 179. The van der Waals surface area contributed by atoms with Crippen LogP contribution in [0.4, 0.5) is 0 Å². The second kappa shape index (κ2) is 147. The molecule has 0 unspecified atom stereocenters. The fourth-order valence-electron chi connectivity index (χ4n) is 4.04. The van der Waals surface area contributed by atoms with Gasteiger partial charge in [-0.3, -0.25) is 0 Å². The van der Waals surface area contributed by atoms with Crippen LogP contribution in [-0.2, 0) is 864 Å². The van der Waals surface area contributed by atoms with Gasteiger partial charge in [0.2, 0.25) is 0 Å². The van der Waals surface area contributed by atoms with Crippen molar-refractivity contribution < 1.29 is 864 Å². The van der Waals surface area contributed by atoms with Crippen molar-refractivity contribution in [1.29, 1.82) is 0 Å². The molecule has 0 saturated heterocycles. The van der Waals surface area contributed by atoms with Crippen molar-refractivity contribution in [2.75, 3.05) is 0 Å². The summed E-state index contributed by atoms with van der Waals surface area (Å²) in [6, 6.07) is 0. The number of allylic oxidation sites excluding steroid dienone is 8. The van der Waals surface area contributed by atoms with E-state index in [0.717, 1.165) is 5.92 Å². The van der Waals surface area contributed by atoms with Gasteiger partial charge in [-0.1, -0.05) is 29.7 Å². The first-order chi connectivity index (χ1) is 29.0. The van der Waals surface area contributed by atoms with E-state index in [4.69, 9.17) is 0 Å². The average molecular weight is 8500 g/mol. The molecule has 0 aliphatic heterocycles. The summed E-state index contributed by atoms with van der Waals surface area (Å²) in [5.74, 6) is 2.10. The van der Waals surface area contributed by atoms with E-state index >= 15 is 0 Å². The van der Waals surface area contributed by atoms with Crippen LogP contribution < -0.4 is 0 Å². The first kappa shape index (κ1) is 254. The van der Waals surface area contributed by atoms with E-state index in [1.807, 2.05) is 0 Å². The first-order valence-electron chi connectivity index (χ1n) is 21.7. The standard InChI is InChI=1S/3C9H12.C8H10.2C5H9.2C4H7.4CH4.42W/c3*1-9(2,3)8-6-4-5-7-8;1-7(2)8-5-3-4-6-8;2*1-5(2,3)4;2*1-4(2)3;;;;;;;;;;;;;;;;;;;;;;;;;;;;;;;;;;;;;;;;;;;;;;/h3*6H,7H2,1-3H3;5,7H,6H2,1-2H3;2*1-3H3;2*4H,1-2H3;4*1H4;;;;;;;;;;;;;;;;;;;;;;;;;;;;;;;;;;;;;;;;;;/q;;;;4*-1;;;;;;;;;;;;;;;;;;;;;;;;;;;;;;;;;;;;;;;;;;;;;;. The summed E-state index contributed by atoms with van der Waals surface area (Å²) < 4.78 is 25.6. The quantitative estimate of drug-likeness (QED) is 0.247. The predicted molar refractivity (Wildman–Crippen MR) is 280 cm³/mol. The van der Waals surface area contributed by atoms with Crippen molar-refractivity contribution >= 4 is 48.8 Å². The zero-order chi connectivity index (χ0) is 52.6. The van der Waals surface area contributed by atoms with Crippen molar-refractivity contribution in [1.82, 2.24) is 0 Å². The molecule has 0 aromatic carbocycles. The molecular weight excluding hydrogens is 8410 g/mol. The van der Waals surface area contributed by atoms with Crippen LogP contribution in [0.1, 0.15) is 201 Å². The topological polar surface area (TPSA) is 0 Å². The van der Waals surface area contributed by atoms with Crippen molar-refractivity contribution in [3.8, 4) is 0 Å². The predicted octanol–water partition coefficient (Wildman–Crippen LogP) is 13.5. The van der Waals surface area contributed by atoms with Gasteiger partial charge in [-0.05, 0) is 0 Å². The largest absolute Gasteiger partial charge is 0 e. The van der Waals surface area contributed by atoms with Crippen LogP contribution in [0.15, 0.2) is 46.6 Å². The minimum Gasteiger partial charge on any atom is 0 e. The van der Waals surface area contributed by atoms with Gasteiger partial charge in [-0.15, -0.1) is 0 Å². The Morgan fingerprint density at radius 3 is 0.424 bits per heavy atom. The van der Waals surface area contributed by atoms with Crippen LogP contribution in [0.5, 0.6) is 0 Å². The SMILES string of the molecule is C.C.C.C.CC(C)(C)C1=C[C](=[W])[C](=[W])C1.CC(C)(C)C1=C[C](=[W])[C](=[W])C1.CC(C)(C)C1=C[C](=[W])[C](=[W])C1.CC(C)(C)[C-]=[W].CC(C)(C)[C-]=[W].CC(C)C1=C[C](=[W])[C](=[W])C1.CC(C)[C-]=[W].CC(C)[C-]=[W].[W].[W].[W].[W].[W].[W].[W].[W].[W].[W].[W].[W].[W].[W].[W].[W].[W].[W].[W].[W].[W].[W].[W].[W].[W].[W].[W].[W].[W].[W]. The molecule has 0 atom stereocenters. The third kappa shape index (κ3) is 165. The van der Waals surface area contributed by atoms with E-state index in [9.17, 15) is 0 Å². The molecule has 99 heavy (non-hydrogen) atoms. The van der Waals surface area contributed by atoms with Gasteiger partial charge in [0, 0.05) is 632 Å². The van der Waals surface area contributed by atoms with E-state index < -0.39 is 0 Å². The number of hydrogen-bond donors (Lipinski definition) is 0. The van der Waals surface area contributed by atoms with Gasteiger partial charge < -0.3 is 0 Å². The van der Waals surface area contributed by atoms with Crippen LogP contribution in [0.3, 0.4) is 0 Å². The van der Waals surface area contributed by atoms with Gasteiger partial charge >= 0.3 is 544 Å². The molecule has 0 radical (unpaired) electrons. The van der Waals surface area contributed by atoms with Gasteiger partial charge in [0.25, 0.3) is 0 Å². The summed E-state index contributed by atoms with van der Waals surface area (Å²) in [6.45, 7) is 46.7. The van der Waals surface area contributed by atoms with Crippen molar-refractivity contribution in [3.05, 3.63) is 46.6 Å². The molecule has 4 aliphatic rings. The maximum absolute atomic E-state index is 3.19. The Morgan fingerprint density at radius 1 is 0.263 bits per heavy atom. The zero-order valence-electron chi connectivity index (χ0n) is 55.5. The Hall–Kier alpha value is 26.3. The van der Waals surface area contributed by atoms with Gasteiger partial charge in [0.15, 0.2) is 0 Å². The van der Waals surface area contributed by atoms with Crippen LogP contribution in [0.2, 0.25) is 0 Å². The van der Waals surface area contributed by atoms with Crippen LogP contribution >= 0.6 is 0 Å². The molecule has 0 nitrogen and oxygen atoms in total.